The van der Waals surface area contributed by atoms with E-state index in [9.17, 15) is 8.42 Å². The van der Waals surface area contributed by atoms with Crippen LogP contribution in [0.4, 0.5) is 0 Å². The molecule has 166 valence electrons. The summed E-state index contributed by atoms with van der Waals surface area (Å²) in [6.45, 7) is 1.65. The van der Waals surface area contributed by atoms with E-state index < -0.39 is 10.2 Å². The molecule has 4 rings (SSSR count). The number of fused-ring (bicyclic) bond motifs is 1. The molecule has 0 fully saturated rings. The van der Waals surface area contributed by atoms with Crippen LogP contribution in [-0.2, 0) is 23.2 Å². The highest BCUT2D eigenvalue weighted by Crippen LogP contribution is 2.41. The van der Waals surface area contributed by atoms with Gasteiger partial charge in [0.2, 0.25) is 0 Å². The predicted molar refractivity (Wildman–Crippen MR) is 120 cm³/mol. The smallest absolute Gasteiger partial charge is 0.282 e. The second-order valence-corrected chi connectivity index (χ2v) is 9.53. The van der Waals surface area contributed by atoms with Crippen LogP contribution in [0.2, 0.25) is 0 Å². The molecule has 0 atom stereocenters. The maximum atomic E-state index is 13.3. The molecule has 0 spiro atoms. The highest BCUT2D eigenvalue weighted by molar-refractivity contribution is 7.86. The maximum absolute atomic E-state index is 13.3. The van der Waals surface area contributed by atoms with E-state index in [-0.39, 0.29) is 0 Å². The van der Waals surface area contributed by atoms with Gasteiger partial charge in [0, 0.05) is 38.3 Å². The van der Waals surface area contributed by atoms with Gasteiger partial charge in [0.1, 0.15) is 17.2 Å². The summed E-state index contributed by atoms with van der Waals surface area (Å²) in [5.41, 5.74) is 4.16. The van der Waals surface area contributed by atoms with Crippen molar-refractivity contribution in [2.24, 2.45) is 0 Å². The van der Waals surface area contributed by atoms with Crippen molar-refractivity contribution in [1.82, 2.24) is 8.61 Å². The van der Waals surface area contributed by atoms with Crippen LogP contribution in [-0.4, -0.2) is 58.0 Å². The third-order valence-corrected chi connectivity index (χ3v) is 7.90. The Bertz CT molecular complexity index is 1070. The molecule has 31 heavy (non-hydrogen) atoms. The fraction of sp³-hybridized carbons (Fsp3) is 0.391. The number of ether oxygens (including phenoxy) is 3. The van der Waals surface area contributed by atoms with E-state index in [1.54, 1.807) is 29.9 Å². The van der Waals surface area contributed by atoms with Gasteiger partial charge in [0.25, 0.3) is 10.2 Å². The van der Waals surface area contributed by atoms with E-state index in [0.717, 1.165) is 23.1 Å². The van der Waals surface area contributed by atoms with E-state index in [2.05, 4.69) is 6.07 Å². The summed E-state index contributed by atoms with van der Waals surface area (Å²) < 4.78 is 46.1. The van der Waals surface area contributed by atoms with Crippen molar-refractivity contribution in [1.29, 1.82) is 0 Å². The molecule has 2 aromatic carbocycles. The summed E-state index contributed by atoms with van der Waals surface area (Å²) in [6.07, 6.45) is 3.26. The molecule has 0 amide bonds. The molecule has 2 aliphatic heterocycles. The minimum Gasteiger partial charge on any atom is -0.496 e. The molecule has 7 nitrogen and oxygen atoms in total. The average Bonchev–Trinajstić information content (AvgIpc) is 2.82. The van der Waals surface area contributed by atoms with Gasteiger partial charge in [-0.2, -0.15) is 17.0 Å². The molecule has 2 aliphatic rings. The Morgan fingerprint density at radius 3 is 2.06 bits per heavy atom. The molecule has 0 saturated carbocycles. The molecule has 2 heterocycles. The summed E-state index contributed by atoms with van der Waals surface area (Å²) in [5.74, 6) is 1.93. The van der Waals surface area contributed by atoms with E-state index in [1.165, 1.54) is 5.56 Å². The van der Waals surface area contributed by atoms with Crippen molar-refractivity contribution >= 4 is 15.8 Å². The normalized spacial score (nSPS) is 17.6. The van der Waals surface area contributed by atoms with Crippen LogP contribution in [0, 0.1) is 0 Å². The predicted octanol–water partition coefficient (Wildman–Crippen LogP) is 3.10. The van der Waals surface area contributed by atoms with Crippen LogP contribution < -0.4 is 14.2 Å². The number of benzene rings is 2. The molecule has 0 radical (unpaired) electrons. The molecule has 0 bridgehead atoms. The van der Waals surface area contributed by atoms with Crippen LogP contribution in [0.25, 0.3) is 5.57 Å². The van der Waals surface area contributed by atoms with E-state index in [1.807, 2.05) is 36.4 Å². The molecule has 0 aromatic heterocycles. The van der Waals surface area contributed by atoms with Gasteiger partial charge in [-0.15, -0.1) is 0 Å². The molecular formula is C23H28N2O5S. The highest BCUT2D eigenvalue weighted by Gasteiger charge is 2.33. The molecule has 0 saturated heterocycles. The zero-order chi connectivity index (χ0) is 22.0. The van der Waals surface area contributed by atoms with Crippen molar-refractivity contribution in [2.45, 2.75) is 19.4 Å². The lowest BCUT2D eigenvalue weighted by atomic mass is 9.98. The zero-order valence-electron chi connectivity index (χ0n) is 18.1. The highest BCUT2D eigenvalue weighted by atomic mass is 32.2. The van der Waals surface area contributed by atoms with Gasteiger partial charge in [-0.25, -0.2) is 0 Å². The van der Waals surface area contributed by atoms with E-state index >= 15 is 0 Å². The maximum Gasteiger partial charge on any atom is 0.282 e. The zero-order valence-corrected chi connectivity index (χ0v) is 18.9. The fourth-order valence-electron chi connectivity index (χ4n) is 4.24. The molecule has 8 heteroatoms. The van der Waals surface area contributed by atoms with Gasteiger partial charge < -0.3 is 14.2 Å². The lowest BCUT2D eigenvalue weighted by molar-refractivity contribution is 0.334. The van der Waals surface area contributed by atoms with Crippen molar-refractivity contribution in [2.75, 3.05) is 41.0 Å². The van der Waals surface area contributed by atoms with Crippen LogP contribution in [0.1, 0.15) is 23.1 Å². The third-order valence-electron chi connectivity index (χ3n) is 5.96. The topological polar surface area (TPSA) is 68.3 Å². The first-order chi connectivity index (χ1) is 15.0. The van der Waals surface area contributed by atoms with Gasteiger partial charge in [-0.1, -0.05) is 30.3 Å². The SMILES string of the molecule is COc1cc(OC)c(C2=CCN(S(=O)(=O)N3CCc4ccccc4C3)CC2)c(OC)c1. The summed E-state index contributed by atoms with van der Waals surface area (Å²) in [5, 5.41) is 0. The average molecular weight is 445 g/mol. The van der Waals surface area contributed by atoms with E-state index in [4.69, 9.17) is 14.2 Å². The number of methoxy groups -OCH3 is 3. The molecule has 0 unspecified atom stereocenters. The Hall–Kier alpha value is -2.55. The summed E-state index contributed by atoms with van der Waals surface area (Å²) in [7, 11) is 1.26. The first-order valence-corrected chi connectivity index (χ1v) is 11.7. The van der Waals surface area contributed by atoms with Crippen LogP contribution in [0.5, 0.6) is 17.2 Å². The number of hydrogen-bond donors (Lipinski definition) is 0. The molecular weight excluding hydrogens is 416 g/mol. The number of hydrogen-bond acceptors (Lipinski definition) is 5. The Kier molecular flexibility index (Phi) is 6.22. The lowest BCUT2D eigenvalue weighted by Gasteiger charge is -2.34. The van der Waals surface area contributed by atoms with Crippen molar-refractivity contribution in [3.05, 3.63) is 59.2 Å². The molecule has 0 aliphatic carbocycles. The molecule has 0 N–H and O–H groups in total. The number of nitrogens with zero attached hydrogens (tertiary/aromatic N) is 2. The van der Waals surface area contributed by atoms with Gasteiger partial charge in [0.15, 0.2) is 0 Å². The summed E-state index contributed by atoms with van der Waals surface area (Å²) in [4.78, 5) is 0. The Morgan fingerprint density at radius 1 is 0.839 bits per heavy atom. The lowest BCUT2D eigenvalue weighted by Crippen LogP contribution is -2.47. The first-order valence-electron chi connectivity index (χ1n) is 10.3. The van der Waals surface area contributed by atoms with Crippen molar-refractivity contribution in [3.8, 4) is 17.2 Å². The van der Waals surface area contributed by atoms with E-state index in [0.29, 0.717) is 49.8 Å². The van der Waals surface area contributed by atoms with Crippen molar-refractivity contribution in [3.63, 3.8) is 0 Å². The molecule has 2 aromatic rings. The Balaban J connectivity index is 1.56. The van der Waals surface area contributed by atoms with Gasteiger partial charge in [-0.3, -0.25) is 0 Å². The fourth-order valence-corrected chi connectivity index (χ4v) is 5.78. The van der Waals surface area contributed by atoms with Crippen LogP contribution in [0.3, 0.4) is 0 Å². The second-order valence-electron chi connectivity index (χ2n) is 7.60. The summed E-state index contributed by atoms with van der Waals surface area (Å²) in [6, 6.07) is 11.7. The Labute approximate surface area is 184 Å². The second kappa shape index (κ2) is 8.90. The quantitative estimate of drug-likeness (QED) is 0.685. The van der Waals surface area contributed by atoms with Gasteiger partial charge >= 0.3 is 0 Å². The van der Waals surface area contributed by atoms with Crippen LogP contribution in [0.15, 0.2) is 42.5 Å². The van der Waals surface area contributed by atoms with Crippen LogP contribution >= 0.6 is 0 Å². The largest absolute Gasteiger partial charge is 0.496 e. The minimum absolute atomic E-state index is 0.314. The van der Waals surface area contributed by atoms with Crippen molar-refractivity contribution < 1.29 is 22.6 Å². The monoisotopic (exact) mass is 444 g/mol. The van der Waals surface area contributed by atoms with Gasteiger partial charge in [0.05, 0.1) is 26.9 Å². The van der Waals surface area contributed by atoms with Gasteiger partial charge in [-0.05, 0) is 29.5 Å². The third kappa shape index (κ3) is 4.15. The standard InChI is InChI=1S/C23H28N2O5S/c1-28-20-14-21(29-2)23(22(15-20)30-3)18-9-11-24(12-10-18)31(26,27)25-13-8-17-6-4-5-7-19(17)16-25/h4-7,9,14-15H,8,10-13,16H2,1-3H3. The summed E-state index contributed by atoms with van der Waals surface area (Å²) >= 11 is 0. The Morgan fingerprint density at radius 2 is 1.48 bits per heavy atom. The minimum atomic E-state index is -3.54. The number of rotatable bonds is 6. The first kappa shape index (κ1) is 21.7.